The topological polar surface area (TPSA) is 88.1 Å². The molecule has 0 aromatic carbocycles. The first-order chi connectivity index (χ1) is 8.90. The van der Waals surface area contributed by atoms with Gasteiger partial charge in [-0.2, -0.15) is 0 Å². The Hall–Kier alpha value is -2.44. The van der Waals surface area contributed by atoms with Gasteiger partial charge in [-0.1, -0.05) is 6.92 Å². The summed E-state index contributed by atoms with van der Waals surface area (Å²) in [6, 6.07) is 1.96. The number of nitrogens with one attached hydrogen (secondary N) is 2. The molecule has 0 saturated heterocycles. The van der Waals surface area contributed by atoms with Crippen LogP contribution in [-0.2, 0) is 0 Å². The van der Waals surface area contributed by atoms with Crippen LogP contribution in [0.4, 0.5) is 0 Å². The molecule has 0 aliphatic carbocycles. The molecular formula is C11H13N7. The average molecular weight is 243 g/mol. The normalized spacial score (nSPS) is 12.7. The molecule has 0 radical (unpaired) electrons. The van der Waals surface area contributed by atoms with Crippen LogP contribution < -0.4 is 0 Å². The van der Waals surface area contributed by atoms with Crippen molar-refractivity contribution in [3.8, 4) is 11.4 Å². The van der Waals surface area contributed by atoms with E-state index in [4.69, 9.17) is 0 Å². The molecule has 3 rings (SSSR count). The molecule has 0 spiro atoms. The predicted octanol–water partition coefficient (Wildman–Crippen LogP) is 1.39. The van der Waals surface area contributed by atoms with Crippen LogP contribution in [0, 0.1) is 0 Å². The Bertz CT molecular complexity index is 593. The molecule has 0 saturated carbocycles. The predicted molar refractivity (Wildman–Crippen MR) is 64.6 cm³/mol. The lowest BCUT2D eigenvalue weighted by Gasteiger charge is -2.13. The van der Waals surface area contributed by atoms with Crippen molar-refractivity contribution in [2.75, 3.05) is 0 Å². The molecule has 92 valence electrons. The van der Waals surface area contributed by atoms with E-state index < -0.39 is 0 Å². The molecule has 0 bridgehead atoms. The third-order valence-corrected chi connectivity index (χ3v) is 2.87. The van der Waals surface area contributed by atoms with Gasteiger partial charge in [-0.3, -0.25) is 0 Å². The van der Waals surface area contributed by atoms with E-state index in [0.29, 0.717) is 0 Å². The molecule has 7 heteroatoms. The number of aromatic amines is 2. The van der Waals surface area contributed by atoms with Gasteiger partial charge in [0, 0.05) is 30.4 Å². The smallest absolute Gasteiger partial charge is 0.184 e. The summed E-state index contributed by atoms with van der Waals surface area (Å²) >= 11 is 0. The fourth-order valence-electron chi connectivity index (χ4n) is 2.00. The van der Waals surface area contributed by atoms with Crippen molar-refractivity contribution >= 4 is 0 Å². The van der Waals surface area contributed by atoms with Crippen molar-refractivity contribution in [3.05, 3.63) is 36.7 Å². The average Bonchev–Trinajstić information content (AvgIpc) is 3.13. The second-order valence-electron chi connectivity index (χ2n) is 3.95. The molecule has 18 heavy (non-hydrogen) atoms. The second kappa shape index (κ2) is 4.44. The lowest BCUT2D eigenvalue weighted by Crippen LogP contribution is -2.14. The third-order valence-electron chi connectivity index (χ3n) is 2.87. The van der Waals surface area contributed by atoms with Gasteiger partial charge in [0.15, 0.2) is 5.82 Å². The number of nitrogens with zero attached hydrogens (tertiary/aromatic N) is 5. The minimum absolute atomic E-state index is 0.0138. The first kappa shape index (κ1) is 10.7. The van der Waals surface area contributed by atoms with Gasteiger partial charge in [0.1, 0.15) is 11.9 Å². The maximum absolute atomic E-state index is 4.29. The van der Waals surface area contributed by atoms with E-state index in [1.54, 1.807) is 17.1 Å². The molecule has 1 unspecified atom stereocenters. The first-order valence-electron chi connectivity index (χ1n) is 5.80. The van der Waals surface area contributed by atoms with Crippen LogP contribution in [0.5, 0.6) is 0 Å². The number of tetrazole rings is 1. The molecule has 0 aliphatic rings. The summed E-state index contributed by atoms with van der Waals surface area (Å²) in [4.78, 5) is 10.4. The van der Waals surface area contributed by atoms with Crippen LogP contribution in [0.1, 0.15) is 25.2 Å². The molecule has 0 aliphatic heterocycles. The number of imidazole rings is 1. The van der Waals surface area contributed by atoms with Gasteiger partial charge in [0.2, 0.25) is 0 Å². The molecule has 0 fully saturated rings. The Morgan fingerprint density at radius 3 is 3.00 bits per heavy atom. The zero-order valence-corrected chi connectivity index (χ0v) is 9.91. The Kier molecular flexibility index (Phi) is 2.64. The highest BCUT2D eigenvalue weighted by Crippen LogP contribution is 2.23. The van der Waals surface area contributed by atoms with Crippen molar-refractivity contribution in [1.29, 1.82) is 0 Å². The zero-order chi connectivity index (χ0) is 12.4. The van der Waals surface area contributed by atoms with E-state index in [-0.39, 0.29) is 6.04 Å². The summed E-state index contributed by atoms with van der Waals surface area (Å²) in [5.74, 6) is 1.60. The van der Waals surface area contributed by atoms with Crippen molar-refractivity contribution in [3.63, 3.8) is 0 Å². The second-order valence-corrected chi connectivity index (χ2v) is 3.95. The van der Waals surface area contributed by atoms with E-state index in [1.807, 2.05) is 18.5 Å². The van der Waals surface area contributed by atoms with Crippen LogP contribution in [0.15, 0.2) is 30.9 Å². The summed E-state index contributed by atoms with van der Waals surface area (Å²) in [5.41, 5.74) is 0.963. The summed E-state index contributed by atoms with van der Waals surface area (Å²) in [7, 11) is 0. The number of hydrogen-bond acceptors (Lipinski definition) is 4. The van der Waals surface area contributed by atoms with Gasteiger partial charge in [-0.25, -0.2) is 9.67 Å². The Balaban J connectivity index is 2.04. The summed E-state index contributed by atoms with van der Waals surface area (Å²) < 4.78 is 1.79. The lowest BCUT2D eigenvalue weighted by molar-refractivity contribution is 0.479. The first-order valence-corrected chi connectivity index (χ1v) is 5.80. The quantitative estimate of drug-likeness (QED) is 0.724. The van der Waals surface area contributed by atoms with Crippen LogP contribution >= 0.6 is 0 Å². The highest BCUT2D eigenvalue weighted by Gasteiger charge is 2.20. The standard InChI is InChI=1S/C11H13N7/c1-2-9(10-13-5-6-14-10)18-11(15-16-17-18)8-3-4-12-7-8/h3-7,9,12H,2H2,1H3,(H,13,14). The van der Waals surface area contributed by atoms with Gasteiger partial charge in [0.25, 0.3) is 0 Å². The molecular weight excluding hydrogens is 230 g/mol. The maximum Gasteiger partial charge on any atom is 0.184 e. The Morgan fingerprint density at radius 2 is 2.33 bits per heavy atom. The highest BCUT2D eigenvalue weighted by atomic mass is 15.6. The molecule has 2 N–H and O–H groups in total. The van der Waals surface area contributed by atoms with E-state index in [9.17, 15) is 0 Å². The lowest BCUT2D eigenvalue weighted by atomic mass is 10.2. The summed E-state index contributed by atoms with van der Waals surface area (Å²) in [5, 5.41) is 11.9. The van der Waals surface area contributed by atoms with Gasteiger partial charge in [-0.05, 0) is 22.9 Å². The summed E-state index contributed by atoms with van der Waals surface area (Å²) in [6.45, 7) is 2.08. The molecule has 0 amide bonds. The third kappa shape index (κ3) is 1.69. The molecule has 7 nitrogen and oxygen atoms in total. The molecule has 3 heterocycles. The molecule has 3 aromatic heterocycles. The number of aromatic nitrogens is 7. The van der Waals surface area contributed by atoms with Crippen LogP contribution in [0.3, 0.4) is 0 Å². The van der Waals surface area contributed by atoms with Crippen molar-refractivity contribution in [2.45, 2.75) is 19.4 Å². The monoisotopic (exact) mass is 243 g/mol. The fraction of sp³-hybridized carbons (Fsp3) is 0.273. The molecule has 3 aromatic rings. The SMILES string of the molecule is CCC(c1ncc[nH]1)n1nnnc1-c1cc[nH]c1. The molecule has 1 atom stereocenters. The minimum atomic E-state index is 0.0138. The van der Waals surface area contributed by atoms with Crippen LogP contribution in [0.25, 0.3) is 11.4 Å². The fourth-order valence-corrected chi connectivity index (χ4v) is 2.00. The maximum atomic E-state index is 4.29. The van der Waals surface area contributed by atoms with Crippen molar-refractivity contribution in [1.82, 2.24) is 35.2 Å². The number of hydrogen-bond donors (Lipinski definition) is 2. The van der Waals surface area contributed by atoms with Gasteiger partial charge in [-0.15, -0.1) is 5.10 Å². The van der Waals surface area contributed by atoms with Crippen LogP contribution in [-0.4, -0.2) is 35.2 Å². The largest absolute Gasteiger partial charge is 0.367 e. The summed E-state index contributed by atoms with van der Waals surface area (Å²) in [6.07, 6.45) is 8.12. The Morgan fingerprint density at radius 1 is 1.39 bits per heavy atom. The van der Waals surface area contributed by atoms with Gasteiger partial charge < -0.3 is 9.97 Å². The van der Waals surface area contributed by atoms with Crippen molar-refractivity contribution < 1.29 is 0 Å². The van der Waals surface area contributed by atoms with Crippen molar-refractivity contribution in [2.24, 2.45) is 0 Å². The van der Waals surface area contributed by atoms with Gasteiger partial charge in [0.05, 0.1) is 0 Å². The van der Waals surface area contributed by atoms with Crippen LogP contribution in [0.2, 0.25) is 0 Å². The number of H-pyrrole nitrogens is 2. The Labute approximate surface area is 103 Å². The van der Waals surface area contributed by atoms with E-state index in [2.05, 4.69) is 37.4 Å². The van der Waals surface area contributed by atoms with E-state index in [0.717, 1.165) is 23.6 Å². The number of rotatable bonds is 4. The zero-order valence-electron chi connectivity index (χ0n) is 9.91. The van der Waals surface area contributed by atoms with E-state index >= 15 is 0 Å². The highest BCUT2D eigenvalue weighted by molar-refractivity contribution is 5.53. The van der Waals surface area contributed by atoms with E-state index in [1.165, 1.54) is 0 Å². The van der Waals surface area contributed by atoms with Gasteiger partial charge >= 0.3 is 0 Å². The minimum Gasteiger partial charge on any atom is -0.367 e.